The van der Waals surface area contributed by atoms with Gasteiger partial charge in [0.2, 0.25) is 0 Å². The molecule has 2 heterocycles. The van der Waals surface area contributed by atoms with Gasteiger partial charge in [0.25, 0.3) is 5.56 Å². The highest BCUT2D eigenvalue weighted by molar-refractivity contribution is 5.78. The predicted octanol–water partition coefficient (Wildman–Crippen LogP) is 3.05. The fraction of sp³-hybridized carbons (Fsp3) is 0.353. The van der Waals surface area contributed by atoms with E-state index in [2.05, 4.69) is 28.9 Å². The molecule has 3 rings (SSSR count). The van der Waals surface area contributed by atoms with E-state index in [9.17, 15) is 9.18 Å². The van der Waals surface area contributed by atoms with Crippen molar-refractivity contribution in [2.24, 2.45) is 13.0 Å². The Hall–Kier alpha value is -2.50. The summed E-state index contributed by atoms with van der Waals surface area (Å²) in [5.74, 6) is 0.349. The van der Waals surface area contributed by atoms with Crippen molar-refractivity contribution in [3.8, 4) is 11.4 Å². The van der Waals surface area contributed by atoms with Crippen molar-refractivity contribution in [2.45, 2.75) is 26.7 Å². The number of aromatic nitrogens is 4. The van der Waals surface area contributed by atoms with Crippen LogP contribution in [-0.4, -0.2) is 19.7 Å². The zero-order valence-electron chi connectivity index (χ0n) is 13.4. The molecule has 120 valence electrons. The minimum Gasteiger partial charge on any atom is -0.305 e. The molecule has 1 N–H and O–H groups in total. The number of fused-ring (bicyclic) bond motifs is 1. The number of aromatic amines is 1. The summed E-state index contributed by atoms with van der Waals surface area (Å²) in [6, 6.07) is 6.27. The number of nitrogens with one attached hydrogen (secondary N) is 1. The lowest BCUT2D eigenvalue weighted by atomic mass is 10.1. The third kappa shape index (κ3) is 2.88. The van der Waals surface area contributed by atoms with Crippen LogP contribution in [-0.2, 0) is 13.5 Å². The second-order valence-electron chi connectivity index (χ2n) is 6.09. The molecule has 3 aromatic rings. The smallest absolute Gasteiger partial charge is 0.277 e. The largest absolute Gasteiger partial charge is 0.305 e. The molecule has 1 aromatic carbocycles. The second-order valence-corrected chi connectivity index (χ2v) is 6.09. The molecular formula is C17H19FN4O. The Balaban J connectivity index is 2.18. The van der Waals surface area contributed by atoms with Gasteiger partial charge < -0.3 is 4.98 Å². The van der Waals surface area contributed by atoms with E-state index in [1.165, 1.54) is 6.07 Å². The van der Waals surface area contributed by atoms with Gasteiger partial charge in [-0.1, -0.05) is 26.0 Å². The van der Waals surface area contributed by atoms with Crippen molar-refractivity contribution in [1.82, 2.24) is 19.7 Å². The second kappa shape index (κ2) is 5.95. The normalized spacial score (nSPS) is 11.5. The molecule has 6 heteroatoms. The van der Waals surface area contributed by atoms with Crippen molar-refractivity contribution >= 4 is 11.0 Å². The molecule has 23 heavy (non-hydrogen) atoms. The van der Waals surface area contributed by atoms with Crippen LogP contribution in [0, 0.1) is 11.7 Å². The number of benzene rings is 1. The minimum absolute atomic E-state index is 0.236. The number of rotatable bonds is 4. The number of hydrogen-bond acceptors (Lipinski definition) is 3. The highest BCUT2D eigenvalue weighted by atomic mass is 19.1. The molecule has 0 aliphatic heterocycles. The molecule has 0 atom stereocenters. The van der Waals surface area contributed by atoms with E-state index >= 15 is 0 Å². The summed E-state index contributed by atoms with van der Waals surface area (Å²) in [5, 5.41) is 4.42. The van der Waals surface area contributed by atoms with Gasteiger partial charge in [-0.25, -0.2) is 9.37 Å². The van der Waals surface area contributed by atoms with Crippen molar-refractivity contribution < 1.29 is 4.39 Å². The maximum Gasteiger partial charge on any atom is 0.277 e. The fourth-order valence-electron chi connectivity index (χ4n) is 2.62. The molecule has 0 fully saturated rings. The summed E-state index contributed by atoms with van der Waals surface area (Å²) in [6.07, 6.45) is 1.69. The van der Waals surface area contributed by atoms with Gasteiger partial charge in [-0.2, -0.15) is 5.10 Å². The number of hydrogen-bond donors (Lipinski definition) is 1. The Morgan fingerprint density at radius 2 is 2.04 bits per heavy atom. The standard InChI is InChI=1S/C17H19FN4O/c1-10(2)8-9-13-14-15(22(3)21-13)17(23)20-16(19-14)11-6-4-5-7-12(11)18/h4-7,10H,8-9H2,1-3H3,(H,19,20,23). The first-order valence-electron chi connectivity index (χ1n) is 7.68. The summed E-state index contributed by atoms with van der Waals surface area (Å²) in [6.45, 7) is 4.27. The maximum absolute atomic E-state index is 14.0. The van der Waals surface area contributed by atoms with Gasteiger partial charge in [-0.15, -0.1) is 0 Å². The molecule has 0 radical (unpaired) electrons. The van der Waals surface area contributed by atoms with E-state index < -0.39 is 5.82 Å². The van der Waals surface area contributed by atoms with Crippen LogP contribution in [0.25, 0.3) is 22.4 Å². The predicted molar refractivity (Wildman–Crippen MR) is 87.7 cm³/mol. The number of nitrogens with zero attached hydrogens (tertiary/aromatic N) is 3. The van der Waals surface area contributed by atoms with Gasteiger partial charge in [0, 0.05) is 7.05 Å². The Bertz CT molecular complexity index is 911. The van der Waals surface area contributed by atoms with Gasteiger partial charge in [-0.05, 0) is 30.9 Å². The molecule has 0 amide bonds. The van der Waals surface area contributed by atoms with Crippen LogP contribution in [0.2, 0.25) is 0 Å². The van der Waals surface area contributed by atoms with Gasteiger partial charge in [0.15, 0.2) is 5.52 Å². The van der Waals surface area contributed by atoms with Crippen LogP contribution in [0.3, 0.4) is 0 Å². The van der Waals surface area contributed by atoms with Crippen LogP contribution in [0.1, 0.15) is 26.0 Å². The third-order valence-corrected chi connectivity index (χ3v) is 3.85. The molecule has 0 saturated heterocycles. The van der Waals surface area contributed by atoms with E-state index in [4.69, 9.17) is 0 Å². The number of aryl methyl sites for hydroxylation is 2. The van der Waals surface area contributed by atoms with Crippen molar-refractivity contribution in [1.29, 1.82) is 0 Å². The Labute approximate surface area is 133 Å². The van der Waals surface area contributed by atoms with E-state index in [0.29, 0.717) is 17.0 Å². The molecule has 5 nitrogen and oxygen atoms in total. The van der Waals surface area contributed by atoms with Crippen LogP contribution in [0.4, 0.5) is 4.39 Å². The molecule has 0 spiro atoms. The van der Waals surface area contributed by atoms with Crippen LogP contribution in [0.5, 0.6) is 0 Å². The van der Waals surface area contributed by atoms with Crippen LogP contribution >= 0.6 is 0 Å². The first-order chi connectivity index (χ1) is 11.0. The first kappa shape index (κ1) is 15.4. The zero-order chi connectivity index (χ0) is 16.6. The summed E-state index contributed by atoms with van der Waals surface area (Å²) >= 11 is 0. The van der Waals surface area contributed by atoms with Gasteiger partial charge in [-0.3, -0.25) is 9.48 Å². The topological polar surface area (TPSA) is 63.6 Å². The van der Waals surface area contributed by atoms with Gasteiger partial charge >= 0.3 is 0 Å². The van der Waals surface area contributed by atoms with Gasteiger partial charge in [0.05, 0.1) is 11.3 Å². The van der Waals surface area contributed by atoms with Crippen LogP contribution in [0.15, 0.2) is 29.1 Å². The van der Waals surface area contributed by atoms with Crippen LogP contribution < -0.4 is 5.56 Å². The lowest BCUT2D eigenvalue weighted by Crippen LogP contribution is -2.12. The Morgan fingerprint density at radius 3 is 2.74 bits per heavy atom. The zero-order valence-corrected chi connectivity index (χ0v) is 13.4. The molecule has 0 saturated carbocycles. The minimum atomic E-state index is -0.414. The highest BCUT2D eigenvalue weighted by Crippen LogP contribution is 2.21. The SMILES string of the molecule is CC(C)CCc1nn(C)c2c(=O)[nH]c(-c3ccccc3F)nc12. The third-order valence-electron chi connectivity index (χ3n) is 3.85. The summed E-state index contributed by atoms with van der Waals surface area (Å²) < 4.78 is 15.5. The molecule has 0 aliphatic carbocycles. The quantitative estimate of drug-likeness (QED) is 0.805. The molecule has 2 aromatic heterocycles. The first-order valence-corrected chi connectivity index (χ1v) is 7.68. The number of halogens is 1. The average molecular weight is 314 g/mol. The van der Waals surface area contributed by atoms with E-state index in [1.807, 2.05) is 0 Å². The van der Waals surface area contributed by atoms with E-state index in [0.717, 1.165) is 18.5 Å². The molecule has 0 bridgehead atoms. The maximum atomic E-state index is 14.0. The lowest BCUT2D eigenvalue weighted by Gasteiger charge is -2.04. The molecular weight excluding hydrogens is 295 g/mol. The average Bonchev–Trinajstić information content (AvgIpc) is 2.82. The van der Waals surface area contributed by atoms with Gasteiger partial charge in [0.1, 0.15) is 17.2 Å². The lowest BCUT2D eigenvalue weighted by molar-refractivity contribution is 0.577. The molecule has 0 aliphatic rings. The number of H-pyrrole nitrogens is 1. The Morgan fingerprint density at radius 1 is 1.30 bits per heavy atom. The summed E-state index contributed by atoms with van der Waals surface area (Å²) in [5.41, 5.74) is 1.73. The summed E-state index contributed by atoms with van der Waals surface area (Å²) in [7, 11) is 1.72. The highest BCUT2D eigenvalue weighted by Gasteiger charge is 2.17. The monoisotopic (exact) mass is 314 g/mol. The van der Waals surface area contributed by atoms with E-state index in [-0.39, 0.29) is 16.9 Å². The Kier molecular flexibility index (Phi) is 3.98. The summed E-state index contributed by atoms with van der Waals surface area (Å²) in [4.78, 5) is 19.5. The van der Waals surface area contributed by atoms with Crippen molar-refractivity contribution in [3.63, 3.8) is 0 Å². The molecule has 0 unspecified atom stereocenters. The fourth-order valence-corrected chi connectivity index (χ4v) is 2.62. The van der Waals surface area contributed by atoms with Crippen molar-refractivity contribution in [2.75, 3.05) is 0 Å². The van der Waals surface area contributed by atoms with Crippen molar-refractivity contribution in [3.05, 3.63) is 46.1 Å². The van der Waals surface area contributed by atoms with E-state index in [1.54, 1.807) is 29.9 Å².